The lowest BCUT2D eigenvalue weighted by Crippen LogP contribution is -2.23. The topological polar surface area (TPSA) is 153 Å². The standard InChI is InChI=1S/C21H29N7O.C15H25NS/c1-21(2,3)17-11-15-13-28(20(29)27-18(15)26-17)16-7-5-14(6-8-16)12-24-9-4-10-25-19(22)23;1-15(2,3)13-9-12(7-5-6-8-16)10-14(11-13)17-4/h5-8,11,13,24H,4,9-10,12H2,1-3H3,(H4,22,23,25)(H,26,27,29);9-11H,5-8,16H2,1-4H3. The zero-order chi connectivity index (χ0) is 33.9. The highest BCUT2D eigenvalue weighted by Gasteiger charge is 2.18. The Balaban J connectivity index is 0.000000289. The van der Waals surface area contributed by atoms with Crippen molar-refractivity contribution in [3.8, 4) is 5.69 Å². The molecule has 0 fully saturated rings. The van der Waals surface area contributed by atoms with Gasteiger partial charge in [0, 0.05) is 40.7 Å². The van der Waals surface area contributed by atoms with Crippen LogP contribution in [0.1, 0.15) is 83.2 Å². The van der Waals surface area contributed by atoms with Crippen molar-refractivity contribution in [3.05, 3.63) is 87.6 Å². The summed E-state index contributed by atoms with van der Waals surface area (Å²) in [6.45, 7) is 16.2. The molecule has 0 aliphatic carbocycles. The van der Waals surface area contributed by atoms with Gasteiger partial charge in [0.1, 0.15) is 5.65 Å². The number of guanidine groups is 1. The van der Waals surface area contributed by atoms with E-state index < -0.39 is 0 Å². The maximum Gasteiger partial charge on any atom is 0.354 e. The number of nitrogens with zero attached hydrogens (tertiary/aromatic N) is 3. The smallest absolute Gasteiger partial charge is 0.354 e. The van der Waals surface area contributed by atoms with Gasteiger partial charge in [-0.3, -0.25) is 9.56 Å². The highest BCUT2D eigenvalue weighted by atomic mass is 32.2. The zero-order valence-electron chi connectivity index (χ0n) is 28.7. The lowest BCUT2D eigenvalue weighted by molar-refractivity contribution is 0.574. The van der Waals surface area contributed by atoms with Crippen LogP contribution in [-0.2, 0) is 23.8 Å². The maximum atomic E-state index is 12.5. The molecule has 2 aromatic heterocycles. The first-order valence-electron chi connectivity index (χ1n) is 16.1. The van der Waals surface area contributed by atoms with E-state index in [9.17, 15) is 4.79 Å². The van der Waals surface area contributed by atoms with Crippen molar-refractivity contribution in [1.82, 2.24) is 19.9 Å². The van der Waals surface area contributed by atoms with Gasteiger partial charge in [0.15, 0.2) is 5.96 Å². The summed E-state index contributed by atoms with van der Waals surface area (Å²) in [6.07, 6.45) is 8.31. The molecule has 0 saturated heterocycles. The molecule has 0 atom stereocenters. The molecule has 2 aromatic carbocycles. The number of thioether (sulfide) groups is 1. The van der Waals surface area contributed by atoms with Crippen LogP contribution in [0.2, 0.25) is 0 Å². The maximum absolute atomic E-state index is 12.5. The van der Waals surface area contributed by atoms with Crippen molar-refractivity contribution in [2.45, 2.75) is 89.5 Å². The molecule has 8 N–H and O–H groups in total. The number of aliphatic imine (C=N–C) groups is 1. The molecule has 10 heteroatoms. The summed E-state index contributed by atoms with van der Waals surface area (Å²) in [7, 11) is 0. The van der Waals surface area contributed by atoms with Crippen molar-refractivity contribution >= 4 is 28.8 Å². The highest BCUT2D eigenvalue weighted by molar-refractivity contribution is 7.98. The molecule has 250 valence electrons. The molecule has 9 nitrogen and oxygen atoms in total. The van der Waals surface area contributed by atoms with Gasteiger partial charge in [-0.15, -0.1) is 11.8 Å². The van der Waals surface area contributed by atoms with E-state index in [1.807, 2.05) is 42.2 Å². The fourth-order valence-corrected chi connectivity index (χ4v) is 5.35. The SMILES string of the molecule is CC(C)(C)c1cc2cn(-c3ccc(CNCCCN=C(N)N)cc3)c(=O)nc2[nH]1.CSc1cc(CCCCN)cc(C(C)(C)C)c1. The highest BCUT2D eigenvalue weighted by Crippen LogP contribution is 2.29. The molecule has 0 bridgehead atoms. The number of nitrogens with two attached hydrogens (primary N) is 3. The summed E-state index contributed by atoms with van der Waals surface area (Å²) in [5.41, 5.74) is 22.5. The molecule has 0 amide bonds. The lowest BCUT2D eigenvalue weighted by atomic mass is 9.86. The van der Waals surface area contributed by atoms with Crippen LogP contribution in [0, 0.1) is 0 Å². The summed E-state index contributed by atoms with van der Waals surface area (Å²) in [5.74, 6) is 0.123. The Morgan fingerprint density at radius 2 is 1.67 bits per heavy atom. The Labute approximate surface area is 278 Å². The van der Waals surface area contributed by atoms with Crippen LogP contribution in [0.5, 0.6) is 0 Å². The second-order valence-electron chi connectivity index (χ2n) is 13.7. The Morgan fingerprint density at radius 3 is 2.28 bits per heavy atom. The minimum atomic E-state index is -0.301. The van der Waals surface area contributed by atoms with E-state index in [2.05, 4.69) is 92.3 Å². The number of unbranched alkanes of at least 4 members (excludes halogenated alkanes) is 1. The van der Waals surface area contributed by atoms with Crippen LogP contribution in [0.3, 0.4) is 0 Å². The predicted molar refractivity (Wildman–Crippen MR) is 196 cm³/mol. The Kier molecular flexibility index (Phi) is 13.5. The molecule has 4 rings (SSSR count). The first kappa shape index (κ1) is 36.9. The van der Waals surface area contributed by atoms with Gasteiger partial charge in [-0.25, -0.2) is 4.79 Å². The number of fused-ring (bicyclic) bond motifs is 1. The summed E-state index contributed by atoms with van der Waals surface area (Å²) in [6, 6.07) is 16.9. The summed E-state index contributed by atoms with van der Waals surface area (Å²) < 4.78 is 1.58. The Bertz CT molecular complexity index is 1620. The molecule has 4 aromatic rings. The number of nitrogens with one attached hydrogen (secondary N) is 2. The lowest BCUT2D eigenvalue weighted by Gasteiger charge is -2.21. The van der Waals surface area contributed by atoms with E-state index in [0.29, 0.717) is 12.2 Å². The van der Waals surface area contributed by atoms with Gasteiger partial charge < -0.3 is 27.5 Å². The largest absolute Gasteiger partial charge is 0.370 e. The minimum Gasteiger partial charge on any atom is -0.370 e. The molecule has 0 spiro atoms. The minimum absolute atomic E-state index is 0.0352. The first-order valence-corrected chi connectivity index (χ1v) is 17.3. The fraction of sp³-hybridized carbons (Fsp3) is 0.472. The molecule has 0 aliphatic rings. The number of aromatic nitrogens is 3. The molecule has 0 radical (unpaired) electrons. The Morgan fingerprint density at radius 1 is 0.957 bits per heavy atom. The predicted octanol–water partition coefficient (Wildman–Crippen LogP) is 5.75. The number of H-pyrrole nitrogens is 1. The summed E-state index contributed by atoms with van der Waals surface area (Å²) in [5, 5.41) is 4.27. The number of rotatable bonds is 12. The van der Waals surface area contributed by atoms with E-state index in [-0.39, 0.29) is 22.5 Å². The average Bonchev–Trinajstić information content (AvgIpc) is 3.42. The van der Waals surface area contributed by atoms with E-state index in [1.165, 1.54) is 22.4 Å². The third-order valence-electron chi connectivity index (χ3n) is 7.65. The fourth-order valence-electron chi connectivity index (χ4n) is 4.83. The van der Waals surface area contributed by atoms with Crippen LogP contribution >= 0.6 is 11.8 Å². The third-order valence-corrected chi connectivity index (χ3v) is 8.36. The van der Waals surface area contributed by atoms with Crippen LogP contribution in [-0.4, -0.2) is 46.4 Å². The third kappa shape index (κ3) is 11.3. The van der Waals surface area contributed by atoms with Crippen LogP contribution in [0.15, 0.2) is 69.4 Å². The zero-order valence-corrected chi connectivity index (χ0v) is 29.6. The van der Waals surface area contributed by atoms with Gasteiger partial charge in [-0.2, -0.15) is 4.98 Å². The number of hydrogen-bond acceptors (Lipinski definition) is 6. The van der Waals surface area contributed by atoms with Crippen LogP contribution in [0.4, 0.5) is 0 Å². The molecule has 0 saturated carbocycles. The van der Waals surface area contributed by atoms with Crippen molar-refractivity contribution in [2.75, 3.05) is 25.9 Å². The van der Waals surface area contributed by atoms with Gasteiger partial charge in [0.25, 0.3) is 0 Å². The molecule has 0 unspecified atom stereocenters. The summed E-state index contributed by atoms with van der Waals surface area (Å²) in [4.78, 5) is 25.3. The normalized spacial score (nSPS) is 11.7. The number of hydrogen-bond donors (Lipinski definition) is 5. The van der Waals surface area contributed by atoms with Crippen molar-refractivity contribution < 1.29 is 0 Å². The average molecular weight is 647 g/mol. The number of aryl methyl sites for hydroxylation is 1. The van der Waals surface area contributed by atoms with Gasteiger partial charge in [-0.05, 0) is 97.5 Å². The van der Waals surface area contributed by atoms with Crippen molar-refractivity contribution in [3.63, 3.8) is 0 Å². The van der Waals surface area contributed by atoms with Crippen LogP contribution in [0.25, 0.3) is 16.7 Å². The van der Waals surface area contributed by atoms with E-state index in [0.717, 1.165) is 61.2 Å². The van der Waals surface area contributed by atoms with Crippen molar-refractivity contribution in [1.29, 1.82) is 0 Å². The summed E-state index contributed by atoms with van der Waals surface area (Å²) >= 11 is 1.83. The number of aromatic amines is 1. The van der Waals surface area contributed by atoms with E-state index >= 15 is 0 Å². The second-order valence-corrected chi connectivity index (χ2v) is 14.6. The van der Waals surface area contributed by atoms with E-state index in [1.54, 1.807) is 4.57 Å². The van der Waals surface area contributed by atoms with E-state index in [4.69, 9.17) is 17.2 Å². The van der Waals surface area contributed by atoms with Crippen molar-refractivity contribution in [2.24, 2.45) is 22.2 Å². The molecular formula is C36H54N8OS. The molecular weight excluding hydrogens is 593 g/mol. The molecule has 46 heavy (non-hydrogen) atoms. The second kappa shape index (κ2) is 16.8. The quantitative estimate of drug-likeness (QED) is 0.0568. The van der Waals surface area contributed by atoms with Gasteiger partial charge >= 0.3 is 5.69 Å². The van der Waals surface area contributed by atoms with Gasteiger partial charge in [-0.1, -0.05) is 59.7 Å². The number of benzene rings is 2. The Hall–Kier alpha value is -3.60. The molecule has 0 aliphatic heterocycles. The van der Waals surface area contributed by atoms with Gasteiger partial charge in [0.2, 0.25) is 0 Å². The molecule has 2 heterocycles. The monoisotopic (exact) mass is 646 g/mol. The van der Waals surface area contributed by atoms with Gasteiger partial charge in [0.05, 0.1) is 5.69 Å². The first-order chi connectivity index (χ1) is 21.7. The van der Waals surface area contributed by atoms with Crippen LogP contribution < -0.4 is 28.2 Å².